The van der Waals surface area contributed by atoms with E-state index in [1.807, 2.05) is 12.1 Å². The summed E-state index contributed by atoms with van der Waals surface area (Å²) in [5, 5.41) is 3.09. The molecule has 0 aliphatic carbocycles. The monoisotopic (exact) mass is 277 g/mol. The van der Waals surface area contributed by atoms with Crippen LogP contribution in [0.4, 0.5) is 5.69 Å². The van der Waals surface area contributed by atoms with Crippen LogP contribution in [0, 0.1) is 0 Å². The highest BCUT2D eigenvalue weighted by Gasteiger charge is 1.95. The fourth-order valence-corrected chi connectivity index (χ4v) is 1.73. The van der Waals surface area contributed by atoms with Crippen molar-refractivity contribution in [3.05, 3.63) is 29.8 Å². The van der Waals surface area contributed by atoms with Gasteiger partial charge in [-0.25, -0.2) is 0 Å². The number of nitrogens with two attached hydrogens (primary N) is 1. The van der Waals surface area contributed by atoms with Crippen molar-refractivity contribution >= 4 is 11.6 Å². The zero-order chi connectivity index (χ0) is 14.6. The van der Waals surface area contributed by atoms with Gasteiger partial charge in [0.2, 0.25) is 0 Å². The van der Waals surface area contributed by atoms with Crippen molar-refractivity contribution in [3.63, 3.8) is 0 Å². The van der Waals surface area contributed by atoms with Gasteiger partial charge < -0.3 is 15.8 Å². The van der Waals surface area contributed by atoms with Crippen LogP contribution in [0.15, 0.2) is 29.3 Å². The highest BCUT2D eigenvalue weighted by Crippen LogP contribution is 2.09. The van der Waals surface area contributed by atoms with Gasteiger partial charge in [0.25, 0.3) is 0 Å². The summed E-state index contributed by atoms with van der Waals surface area (Å²) in [6.07, 6.45) is 4.25. The van der Waals surface area contributed by atoms with Crippen molar-refractivity contribution < 1.29 is 4.74 Å². The first-order chi connectivity index (χ1) is 9.76. The molecule has 4 heteroatoms. The Kier molecular flexibility index (Phi) is 8.47. The molecule has 0 aliphatic rings. The summed E-state index contributed by atoms with van der Waals surface area (Å²) in [4.78, 5) is 4.28. The number of ether oxygens (including phenoxy) is 1. The van der Waals surface area contributed by atoms with E-state index >= 15 is 0 Å². The Balaban J connectivity index is 2.20. The van der Waals surface area contributed by atoms with Crippen molar-refractivity contribution in [2.24, 2.45) is 10.7 Å². The number of rotatable bonds is 9. The number of unbranched alkanes of at least 4 members (excludes halogenated alkanes) is 1. The van der Waals surface area contributed by atoms with Crippen LogP contribution in [-0.4, -0.2) is 25.7 Å². The van der Waals surface area contributed by atoms with E-state index in [0.717, 1.165) is 38.2 Å². The van der Waals surface area contributed by atoms with Crippen LogP contribution in [-0.2, 0) is 11.2 Å². The number of aliphatic imine (C=N–C) groups is 1. The minimum Gasteiger partial charge on any atom is -0.381 e. The number of hydrogen-bond acceptors (Lipinski definition) is 2. The third-order valence-corrected chi connectivity index (χ3v) is 3.01. The van der Waals surface area contributed by atoms with Crippen LogP contribution >= 0.6 is 0 Å². The normalized spacial score (nSPS) is 11.6. The summed E-state index contributed by atoms with van der Waals surface area (Å²) >= 11 is 0. The van der Waals surface area contributed by atoms with Gasteiger partial charge in [-0.15, -0.1) is 0 Å². The smallest absolute Gasteiger partial charge is 0.193 e. The molecule has 4 nitrogen and oxygen atoms in total. The van der Waals surface area contributed by atoms with E-state index in [1.165, 1.54) is 12.0 Å². The van der Waals surface area contributed by atoms with Gasteiger partial charge in [0.1, 0.15) is 0 Å². The molecule has 1 aromatic rings. The lowest BCUT2D eigenvalue weighted by molar-refractivity contribution is 0.130. The molecule has 0 aliphatic heterocycles. The second-order valence-electron chi connectivity index (χ2n) is 4.76. The van der Waals surface area contributed by atoms with Gasteiger partial charge in [-0.05, 0) is 37.0 Å². The average molecular weight is 277 g/mol. The van der Waals surface area contributed by atoms with Crippen LogP contribution in [0.25, 0.3) is 0 Å². The summed E-state index contributed by atoms with van der Waals surface area (Å²) in [5.74, 6) is 0.461. The lowest BCUT2D eigenvalue weighted by Crippen LogP contribution is -2.23. The van der Waals surface area contributed by atoms with E-state index in [2.05, 4.69) is 36.3 Å². The standard InChI is InChI=1S/C16H27N3O/c1-3-5-12-20-13-6-11-18-16(17)19-15-9-7-14(4-2)8-10-15/h7-10H,3-6,11-13H2,1-2H3,(H3,17,18,19). The number of aryl methyl sites for hydroxylation is 1. The number of anilines is 1. The predicted octanol–water partition coefficient (Wildman–Crippen LogP) is 3.18. The van der Waals surface area contributed by atoms with Crippen LogP contribution in [0.2, 0.25) is 0 Å². The van der Waals surface area contributed by atoms with Crippen molar-refractivity contribution in [2.75, 3.05) is 25.1 Å². The topological polar surface area (TPSA) is 59.6 Å². The molecule has 1 aromatic carbocycles. The molecule has 112 valence electrons. The van der Waals surface area contributed by atoms with Gasteiger partial charge >= 0.3 is 0 Å². The molecule has 0 radical (unpaired) electrons. The van der Waals surface area contributed by atoms with Gasteiger partial charge in [0.05, 0.1) is 0 Å². The highest BCUT2D eigenvalue weighted by molar-refractivity contribution is 5.92. The fraction of sp³-hybridized carbons (Fsp3) is 0.562. The SMILES string of the molecule is CCCCOCCCN=C(N)Nc1ccc(CC)cc1. The van der Waals surface area contributed by atoms with E-state index in [4.69, 9.17) is 10.5 Å². The maximum Gasteiger partial charge on any atom is 0.193 e. The van der Waals surface area contributed by atoms with Gasteiger partial charge in [-0.2, -0.15) is 0 Å². The van der Waals surface area contributed by atoms with Crippen molar-refractivity contribution in [1.29, 1.82) is 0 Å². The first-order valence-electron chi connectivity index (χ1n) is 7.49. The van der Waals surface area contributed by atoms with E-state index in [-0.39, 0.29) is 0 Å². The van der Waals surface area contributed by atoms with Crippen LogP contribution in [0.3, 0.4) is 0 Å². The Morgan fingerprint density at radius 2 is 1.85 bits per heavy atom. The summed E-state index contributed by atoms with van der Waals surface area (Å²) in [6, 6.07) is 8.23. The number of nitrogens with zero attached hydrogens (tertiary/aromatic N) is 1. The van der Waals surface area contributed by atoms with Gasteiger partial charge in [-0.1, -0.05) is 32.4 Å². The van der Waals surface area contributed by atoms with E-state index in [0.29, 0.717) is 12.5 Å². The molecule has 0 unspecified atom stereocenters. The van der Waals surface area contributed by atoms with Gasteiger partial charge in [0, 0.05) is 25.4 Å². The molecule has 0 saturated carbocycles. The molecule has 0 aromatic heterocycles. The first-order valence-corrected chi connectivity index (χ1v) is 7.49. The molecular formula is C16H27N3O. The molecule has 20 heavy (non-hydrogen) atoms. The van der Waals surface area contributed by atoms with Crippen LogP contribution in [0.1, 0.15) is 38.7 Å². The molecular weight excluding hydrogens is 250 g/mol. The lowest BCUT2D eigenvalue weighted by Gasteiger charge is -2.06. The maximum atomic E-state index is 5.84. The Bertz CT molecular complexity index is 387. The molecule has 0 amide bonds. The zero-order valence-electron chi connectivity index (χ0n) is 12.7. The third-order valence-electron chi connectivity index (χ3n) is 3.01. The highest BCUT2D eigenvalue weighted by atomic mass is 16.5. The largest absolute Gasteiger partial charge is 0.381 e. The summed E-state index contributed by atoms with van der Waals surface area (Å²) in [7, 11) is 0. The van der Waals surface area contributed by atoms with E-state index in [9.17, 15) is 0 Å². The van der Waals surface area contributed by atoms with Crippen LogP contribution < -0.4 is 11.1 Å². The van der Waals surface area contributed by atoms with E-state index in [1.54, 1.807) is 0 Å². The number of nitrogens with one attached hydrogen (secondary N) is 1. The van der Waals surface area contributed by atoms with Crippen LogP contribution in [0.5, 0.6) is 0 Å². The Morgan fingerprint density at radius 3 is 2.50 bits per heavy atom. The summed E-state index contributed by atoms with van der Waals surface area (Å²) in [5.41, 5.74) is 8.13. The van der Waals surface area contributed by atoms with Crippen molar-refractivity contribution in [3.8, 4) is 0 Å². The second-order valence-corrected chi connectivity index (χ2v) is 4.76. The minimum absolute atomic E-state index is 0.461. The Morgan fingerprint density at radius 1 is 1.15 bits per heavy atom. The van der Waals surface area contributed by atoms with E-state index < -0.39 is 0 Å². The lowest BCUT2D eigenvalue weighted by atomic mass is 10.1. The zero-order valence-corrected chi connectivity index (χ0v) is 12.7. The predicted molar refractivity (Wildman–Crippen MR) is 86.3 cm³/mol. The Labute approximate surface area is 122 Å². The molecule has 0 heterocycles. The average Bonchev–Trinajstić information content (AvgIpc) is 2.47. The molecule has 0 fully saturated rings. The number of hydrogen-bond donors (Lipinski definition) is 2. The quantitative estimate of drug-likeness (QED) is 0.414. The third kappa shape index (κ3) is 7.14. The van der Waals surface area contributed by atoms with Gasteiger partial charge in [-0.3, -0.25) is 4.99 Å². The minimum atomic E-state index is 0.461. The molecule has 1 rings (SSSR count). The molecule has 3 N–H and O–H groups in total. The fourth-order valence-electron chi connectivity index (χ4n) is 1.73. The summed E-state index contributed by atoms with van der Waals surface area (Å²) in [6.45, 7) is 6.59. The molecule has 0 saturated heterocycles. The number of benzene rings is 1. The number of guanidine groups is 1. The summed E-state index contributed by atoms with van der Waals surface area (Å²) < 4.78 is 5.47. The van der Waals surface area contributed by atoms with Gasteiger partial charge in [0.15, 0.2) is 5.96 Å². The second kappa shape index (κ2) is 10.3. The van der Waals surface area contributed by atoms with Crippen molar-refractivity contribution in [2.45, 2.75) is 39.5 Å². The first kappa shape index (κ1) is 16.5. The molecule has 0 spiro atoms. The Hall–Kier alpha value is -1.55. The molecule has 0 bridgehead atoms. The maximum absolute atomic E-state index is 5.84. The molecule has 0 atom stereocenters. The van der Waals surface area contributed by atoms with Crippen molar-refractivity contribution in [1.82, 2.24) is 0 Å².